The molecule has 2 aromatic rings. The molecule has 0 amide bonds. The van der Waals surface area contributed by atoms with Gasteiger partial charge in [0.25, 0.3) is 0 Å². The largest absolute Gasteiger partial charge is 0.390 e. The predicted molar refractivity (Wildman–Crippen MR) is 44.2 cm³/mol. The second-order valence-corrected chi connectivity index (χ2v) is 2.38. The number of para-hydroxylation sites is 1. The first-order chi connectivity index (χ1) is 6.07. The average molecular weight is 149 g/mol. The summed E-state index contributed by atoms with van der Waals surface area (Å²) in [5.74, 6) is 0. The second-order valence-electron chi connectivity index (χ2n) is 2.38. The van der Waals surface area contributed by atoms with Crippen molar-refractivity contribution >= 4 is 10.9 Å². The fraction of sp³-hybridized carbons (Fsp3) is 0.111. The van der Waals surface area contributed by atoms with E-state index in [1.807, 2.05) is 24.3 Å². The minimum absolute atomic E-state index is 0.189. The molecule has 1 heterocycles. The van der Waals surface area contributed by atoms with E-state index in [4.69, 9.17) is 7.85 Å². The van der Waals surface area contributed by atoms with Gasteiger partial charge < -0.3 is 10.1 Å². The van der Waals surface area contributed by atoms with Crippen molar-refractivity contribution in [2.24, 2.45) is 0 Å². The standard InChI is InChI=1S/C9H9NO/c11-6-8-5-7-3-1-2-4-9(7)10-8/h1-5,10-11H,6H2/i6D2. The number of H-pyrrole nitrogens is 1. The number of hydrogen-bond acceptors (Lipinski definition) is 1. The van der Waals surface area contributed by atoms with E-state index in [-0.39, 0.29) is 5.69 Å². The lowest BCUT2D eigenvalue weighted by Crippen LogP contribution is -1.78. The molecule has 2 heteroatoms. The van der Waals surface area contributed by atoms with Crippen LogP contribution in [0.2, 0.25) is 0 Å². The molecule has 56 valence electrons. The van der Waals surface area contributed by atoms with E-state index >= 15 is 0 Å². The van der Waals surface area contributed by atoms with Gasteiger partial charge in [-0.15, -0.1) is 0 Å². The first-order valence-electron chi connectivity index (χ1n) is 4.38. The molecule has 0 atom stereocenters. The third-order valence-corrected chi connectivity index (χ3v) is 1.65. The zero-order chi connectivity index (χ0) is 9.47. The molecule has 2 N–H and O–H groups in total. The minimum atomic E-state index is -2.29. The number of aromatic amines is 1. The van der Waals surface area contributed by atoms with Gasteiger partial charge in [0.1, 0.15) is 0 Å². The SMILES string of the molecule is [2H]C([2H])(O)c1cc2ccccc2[nH]1. The lowest BCUT2D eigenvalue weighted by Gasteiger charge is -1.84. The zero-order valence-corrected chi connectivity index (χ0v) is 5.83. The van der Waals surface area contributed by atoms with Crippen molar-refractivity contribution in [2.75, 3.05) is 0 Å². The quantitative estimate of drug-likeness (QED) is 0.635. The van der Waals surface area contributed by atoms with Crippen LogP contribution in [0.1, 0.15) is 8.44 Å². The van der Waals surface area contributed by atoms with Gasteiger partial charge in [-0.05, 0) is 17.5 Å². The number of aromatic nitrogens is 1. The van der Waals surface area contributed by atoms with Gasteiger partial charge in [0.2, 0.25) is 0 Å². The maximum absolute atomic E-state index is 9.09. The van der Waals surface area contributed by atoms with Crippen LogP contribution in [0.3, 0.4) is 0 Å². The van der Waals surface area contributed by atoms with Gasteiger partial charge in [-0.1, -0.05) is 18.2 Å². The van der Waals surface area contributed by atoms with Crippen LogP contribution in [0.4, 0.5) is 0 Å². The van der Waals surface area contributed by atoms with Crippen molar-refractivity contribution in [2.45, 2.75) is 6.56 Å². The molecule has 0 aliphatic heterocycles. The summed E-state index contributed by atoms with van der Waals surface area (Å²) in [6.45, 7) is -2.29. The first-order valence-corrected chi connectivity index (χ1v) is 3.38. The molecule has 0 aliphatic rings. The zero-order valence-electron chi connectivity index (χ0n) is 7.83. The van der Waals surface area contributed by atoms with Gasteiger partial charge >= 0.3 is 0 Å². The van der Waals surface area contributed by atoms with Gasteiger partial charge in [0.15, 0.2) is 0 Å². The third kappa shape index (κ3) is 1.01. The summed E-state index contributed by atoms with van der Waals surface area (Å²) in [5.41, 5.74) is 1.02. The number of nitrogens with one attached hydrogen (secondary N) is 1. The van der Waals surface area contributed by atoms with E-state index in [1.165, 1.54) is 0 Å². The molecule has 0 spiro atoms. The molecule has 0 bridgehead atoms. The van der Waals surface area contributed by atoms with Crippen molar-refractivity contribution in [1.29, 1.82) is 0 Å². The highest BCUT2D eigenvalue weighted by molar-refractivity contribution is 5.80. The van der Waals surface area contributed by atoms with Crippen LogP contribution < -0.4 is 0 Å². The fourth-order valence-corrected chi connectivity index (χ4v) is 1.13. The summed E-state index contributed by atoms with van der Waals surface area (Å²) in [7, 11) is 0. The summed E-state index contributed by atoms with van der Waals surface area (Å²) >= 11 is 0. The maximum atomic E-state index is 9.09. The number of hydrogen-bond donors (Lipinski definition) is 2. The van der Waals surface area contributed by atoms with Crippen molar-refractivity contribution in [3.8, 4) is 0 Å². The highest BCUT2D eigenvalue weighted by Gasteiger charge is 1.96. The Morgan fingerprint density at radius 3 is 3.00 bits per heavy atom. The molecule has 0 fully saturated rings. The highest BCUT2D eigenvalue weighted by atomic mass is 16.3. The normalized spacial score (nSPS) is 14.6. The van der Waals surface area contributed by atoms with Crippen LogP contribution >= 0.6 is 0 Å². The number of rotatable bonds is 1. The van der Waals surface area contributed by atoms with Crippen LogP contribution in [0.15, 0.2) is 30.3 Å². The molecular formula is C9H9NO. The van der Waals surface area contributed by atoms with Gasteiger partial charge in [-0.3, -0.25) is 0 Å². The van der Waals surface area contributed by atoms with Crippen molar-refractivity contribution in [1.82, 2.24) is 4.98 Å². The van der Waals surface area contributed by atoms with Crippen LogP contribution in [0.5, 0.6) is 0 Å². The molecule has 1 aromatic carbocycles. The Morgan fingerprint density at radius 1 is 1.45 bits per heavy atom. The van der Waals surface area contributed by atoms with Gasteiger partial charge in [-0.2, -0.15) is 0 Å². The lowest BCUT2D eigenvalue weighted by molar-refractivity contribution is 0.278. The number of benzene rings is 1. The Labute approximate surface area is 67.3 Å². The smallest absolute Gasteiger partial charge is 0.0831 e. The number of aliphatic hydroxyl groups is 1. The molecule has 11 heavy (non-hydrogen) atoms. The van der Waals surface area contributed by atoms with E-state index in [1.54, 1.807) is 6.07 Å². The van der Waals surface area contributed by atoms with Crippen LogP contribution in [0, 0.1) is 0 Å². The Morgan fingerprint density at radius 2 is 2.27 bits per heavy atom. The maximum Gasteiger partial charge on any atom is 0.0831 e. The Kier molecular flexibility index (Phi) is 0.996. The molecule has 0 unspecified atom stereocenters. The Bertz CT molecular complexity index is 397. The highest BCUT2D eigenvalue weighted by Crippen LogP contribution is 2.13. The molecule has 2 rings (SSSR count). The molecule has 0 saturated heterocycles. The summed E-state index contributed by atoms with van der Waals surface area (Å²) in [4.78, 5) is 2.81. The van der Waals surface area contributed by atoms with E-state index in [0.717, 1.165) is 10.9 Å². The van der Waals surface area contributed by atoms with Gasteiger partial charge in [0, 0.05) is 11.2 Å². The molecule has 0 radical (unpaired) electrons. The van der Waals surface area contributed by atoms with Crippen LogP contribution in [-0.4, -0.2) is 10.1 Å². The third-order valence-electron chi connectivity index (χ3n) is 1.65. The summed E-state index contributed by atoms with van der Waals surface area (Å²) in [5, 5.41) is 9.99. The van der Waals surface area contributed by atoms with Crippen molar-refractivity contribution in [3.05, 3.63) is 36.0 Å². The van der Waals surface area contributed by atoms with Crippen molar-refractivity contribution in [3.63, 3.8) is 0 Å². The predicted octanol–water partition coefficient (Wildman–Crippen LogP) is 1.66. The molecular weight excluding hydrogens is 138 g/mol. The fourth-order valence-electron chi connectivity index (χ4n) is 1.13. The number of fused-ring (bicyclic) bond motifs is 1. The molecule has 0 aliphatic carbocycles. The first kappa shape index (κ1) is 4.57. The van der Waals surface area contributed by atoms with Gasteiger partial charge in [-0.25, -0.2) is 0 Å². The summed E-state index contributed by atoms with van der Waals surface area (Å²) in [6.07, 6.45) is 0. The van der Waals surface area contributed by atoms with E-state index in [0.29, 0.717) is 0 Å². The Balaban J connectivity index is 2.63. The molecule has 0 saturated carbocycles. The molecule has 1 aromatic heterocycles. The lowest BCUT2D eigenvalue weighted by atomic mass is 10.2. The average Bonchev–Trinajstić information content (AvgIpc) is 2.45. The Hall–Kier alpha value is -1.28. The summed E-state index contributed by atoms with van der Waals surface area (Å²) < 4.78 is 14.2. The van der Waals surface area contributed by atoms with Crippen LogP contribution in [0.25, 0.3) is 10.9 Å². The van der Waals surface area contributed by atoms with Crippen LogP contribution in [-0.2, 0) is 6.56 Å². The summed E-state index contributed by atoms with van der Waals surface area (Å²) in [6, 6.07) is 9.03. The van der Waals surface area contributed by atoms with E-state index in [9.17, 15) is 0 Å². The van der Waals surface area contributed by atoms with Gasteiger partial charge in [0.05, 0.1) is 9.30 Å². The monoisotopic (exact) mass is 149 g/mol. The minimum Gasteiger partial charge on any atom is -0.390 e. The topological polar surface area (TPSA) is 36.0 Å². The second kappa shape index (κ2) is 2.40. The molecule has 2 nitrogen and oxygen atoms in total. The van der Waals surface area contributed by atoms with E-state index < -0.39 is 6.56 Å². The van der Waals surface area contributed by atoms with E-state index in [2.05, 4.69) is 4.98 Å². The van der Waals surface area contributed by atoms with Crippen molar-refractivity contribution < 1.29 is 7.85 Å².